The van der Waals surface area contributed by atoms with Crippen LogP contribution in [0.5, 0.6) is 11.5 Å². The van der Waals surface area contributed by atoms with E-state index in [1.807, 2.05) is 25.2 Å². The molecule has 2 aromatic carbocycles. The molecule has 0 aliphatic rings. The first-order valence-corrected chi connectivity index (χ1v) is 7.22. The molecule has 0 aromatic heterocycles. The van der Waals surface area contributed by atoms with Crippen LogP contribution in [0.3, 0.4) is 0 Å². The van der Waals surface area contributed by atoms with Crippen LogP contribution in [0.15, 0.2) is 42.5 Å². The first-order valence-electron chi connectivity index (χ1n) is 7.22. The lowest BCUT2D eigenvalue weighted by molar-refractivity contribution is 0.379. The normalized spacial score (nSPS) is 12.0. The molecule has 0 aliphatic carbocycles. The average Bonchev–Trinajstić information content (AvgIpc) is 2.55. The van der Waals surface area contributed by atoms with Crippen LogP contribution in [-0.4, -0.2) is 21.3 Å². The predicted molar refractivity (Wildman–Crippen MR) is 86.3 cm³/mol. The first-order chi connectivity index (χ1) is 10.2. The van der Waals surface area contributed by atoms with E-state index in [2.05, 4.69) is 36.5 Å². The molecule has 2 rings (SSSR count). The zero-order valence-electron chi connectivity index (χ0n) is 13.1. The largest absolute Gasteiger partial charge is 0.496 e. The van der Waals surface area contributed by atoms with Gasteiger partial charge in [0.15, 0.2) is 0 Å². The van der Waals surface area contributed by atoms with E-state index in [1.54, 1.807) is 14.2 Å². The third-order valence-electron chi connectivity index (χ3n) is 3.74. The van der Waals surface area contributed by atoms with Crippen LogP contribution in [0.4, 0.5) is 0 Å². The Bertz CT molecular complexity index is 573. The SMILES string of the molecule is CCc1cccc(C(NC)c2c(OC)cccc2OC)c1. The second-order valence-corrected chi connectivity index (χ2v) is 4.90. The second kappa shape index (κ2) is 7.14. The molecule has 0 fully saturated rings. The van der Waals surface area contributed by atoms with E-state index in [-0.39, 0.29) is 6.04 Å². The summed E-state index contributed by atoms with van der Waals surface area (Å²) in [6.45, 7) is 2.16. The zero-order valence-corrected chi connectivity index (χ0v) is 13.1. The smallest absolute Gasteiger partial charge is 0.127 e. The van der Waals surface area contributed by atoms with Crippen molar-refractivity contribution in [1.82, 2.24) is 5.32 Å². The fourth-order valence-electron chi connectivity index (χ4n) is 2.63. The number of nitrogens with one attached hydrogen (secondary N) is 1. The summed E-state index contributed by atoms with van der Waals surface area (Å²) in [5, 5.41) is 3.38. The highest BCUT2D eigenvalue weighted by Crippen LogP contribution is 2.37. The standard InChI is InChI=1S/C18H23NO2/c1-5-13-8-6-9-14(12-13)18(19-2)17-15(20-3)10-7-11-16(17)21-4/h6-12,18-19H,5H2,1-4H3. The lowest BCUT2D eigenvalue weighted by Crippen LogP contribution is -2.19. The summed E-state index contributed by atoms with van der Waals surface area (Å²) >= 11 is 0. The Kier molecular flexibility index (Phi) is 5.23. The van der Waals surface area contributed by atoms with Crippen LogP contribution in [0.1, 0.15) is 29.7 Å². The van der Waals surface area contributed by atoms with Gasteiger partial charge >= 0.3 is 0 Å². The summed E-state index contributed by atoms with van der Waals surface area (Å²) < 4.78 is 11.1. The molecule has 0 aliphatic heterocycles. The second-order valence-electron chi connectivity index (χ2n) is 4.90. The molecule has 3 nitrogen and oxygen atoms in total. The maximum absolute atomic E-state index is 5.53. The van der Waals surface area contributed by atoms with E-state index in [4.69, 9.17) is 9.47 Å². The molecule has 112 valence electrons. The van der Waals surface area contributed by atoms with Crippen molar-refractivity contribution in [2.24, 2.45) is 0 Å². The Labute approximate surface area is 126 Å². The molecule has 0 spiro atoms. The molecule has 0 saturated carbocycles. The minimum atomic E-state index is 0.0302. The molecule has 1 unspecified atom stereocenters. The van der Waals surface area contributed by atoms with Crippen LogP contribution in [0.25, 0.3) is 0 Å². The minimum Gasteiger partial charge on any atom is -0.496 e. The fraction of sp³-hybridized carbons (Fsp3) is 0.333. The van der Waals surface area contributed by atoms with Crippen LogP contribution < -0.4 is 14.8 Å². The highest BCUT2D eigenvalue weighted by Gasteiger charge is 2.21. The van der Waals surface area contributed by atoms with Crippen molar-refractivity contribution in [3.8, 4) is 11.5 Å². The molecule has 0 bridgehead atoms. The van der Waals surface area contributed by atoms with Crippen molar-refractivity contribution in [3.63, 3.8) is 0 Å². The molecule has 0 amide bonds. The number of benzene rings is 2. The Morgan fingerprint density at radius 1 is 1.00 bits per heavy atom. The molecule has 3 heteroatoms. The maximum atomic E-state index is 5.53. The minimum absolute atomic E-state index is 0.0302. The molecular weight excluding hydrogens is 262 g/mol. The number of methoxy groups -OCH3 is 2. The quantitative estimate of drug-likeness (QED) is 0.880. The third-order valence-corrected chi connectivity index (χ3v) is 3.74. The molecule has 0 heterocycles. The van der Waals surface area contributed by atoms with E-state index in [0.29, 0.717) is 0 Å². The van der Waals surface area contributed by atoms with Crippen molar-refractivity contribution in [1.29, 1.82) is 0 Å². The van der Waals surface area contributed by atoms with Gasteiger partial charge in [-0.1, -0.05) is 37.3 Å². The molecule has 0 radical (unpaired) electrons. The van der Waals surface area contributed by atoms with Crippen molar-refractivity contribution in [3.05, 3.63) is 59.2 Å². The number of aryl methyl sites for hydroxylation is 1. The van der Waals surface area contributed by atoms with Gasteiger partial charge in [0.25, 0.3) is 0 Å². The van der Waals surface area contributed by atoms with Crippen molar-refractivity contribution >= 4 is 0 Å². The Morgan fingerprint density at radius 2 is 1.62 bits per heavy atom. The van der Waals surface area contributed by atoms with Crippen molar-refractivity contribution in [2.45, 2.75) is 19.4 Å². The van der Waals surface area contributed by atoms with E-state index in [9.17, 15) is 0 Å². The number of hydrogen-bond acceptors (Lipinski definition) is 3. The Morgan fingerprint density at radius 3 is 2.14 bits per heavy atom. The van der Waals surface area contributed by atoms with Gasteiger partial charge in [0.1, 0.15) is 11.5 Å². The Hall–Kier alpha value is -2.00. The van der Waals surface area contributed by atoms with Gasteiger partial charge in [0.2, 0.25) is 0 Å². The van der Waals surface area contributed by atoms with Crippen LogP contribution in [-0.2, 0) is 6.42 Å². The molecule has 0 saturated heterocycles. The van der Waals surface area contributed by atoms with Gasteiger partial charge in [-0.25, -0.2) is 0 Å². The summed E-state index contributed by atoms with van der Waals surface area (Å²) in [7, 11) is 5.33. The first kappa shape index (κ1) is 15.4. The van der Waals surface area contributed by atoms with E-state index >= 15 is 0 Å². The average molecular weight is 285 g/mol. The van der Waals surface area contributed by atoms with Crippen LogP contribution in [0, 0.1) is 0 Å². The van der Waals surface area contributed by atoms with Crippen molar-refractivity contribution in [2.75, 3.05) is 21.3 Å². The van der Waals surface area contributed by atoms with Gasteiger partial charge in [-0.2, -0.15) is 0 Å². The van der Waals surface area contributed by atoms with E-state index in [1.165, 1.54) is 11.1 Å². The topological polar surface area (TPSA) is 30.5 Å². The monoisotopic (exact) mass is 285 g/mol. The number of ether oxygens (including phenoxy) is 2. The summed E-state index contributed by atoms with van der Waals surface area (Å²) in [5.41, 5.74) is 3.56. The summed E-state index contributed by atoms with van der Waals surface area (Å²) in [4.78, 5) is 0. The van der Waals surface area contributed by atoms with E-state index in [0.717, 1.165) is 23.5 Å². The molecule has 1 atom stereocenters. The molecule has 2 aromatic rings. The Balaban J connectivity index is 2.55. The summed E-state index contributed by atoms with van der Waals surface area (Å²) in [6, 6.07) is 14.5. The lowest BCUT2D eigenvalue weighted by Gasteiger charge is -2.22. The third kappa shape index (κ3) is 3.19. The van der Waals surface area contributed by atoms with Gasteiger partial charge in [0, 0.05) is 0 Å². The van der Waals surface area contributed by atoms with E-state index < -0.39 is 0 Å². The molecule has 1 N–H and O–H groups in total. The van der Waals surface area contributed by atoms with Gasteiger partial charge in [-0.15, -0.1) is 0 Å². The zero-order chi connectivity index (χ0) is 15.2. The number of rotatable bonds is 6. The van der Waals surface area contributed by atoms with Gasteiger partial charge in [-0.05, 0) is 36.7 Å². The van der Waals surface area contributed by atoms with Crippen molar-refractivity contribution < 1.29 is 9.47 Å². The van der Waals surface area contributed by atoms with Crippen LogP contribution >= 0.6 is 0 Å². The predicted octanol–water partition coefficient (Wildman–Crippen LogP) is 3.58. The van der Waals surface area contributed by atoms with Gasteiger partial charge in [-0.3, -0.25) is 0 Å². The lowest BCUT2D eigenvalue weighted by atomic mass is 9.95. The number of hydrogen-bond donors (Lipinski definition) is 1. The van der Waals surface area contributed by atoms with Crippen LogP contribution in [0.2, 0.25) is 0 Å². The molecular formula is C18H23NO2. The fourth-order valence-corrected chi connectivity index (χ4v) is 2.63. The highest BCUT2D eigenvalue weighted by atomic mass is 16.5. The highest BCUT2D eigenvalue weighted by molar-refractivity contribution is 5.50. The van der Waals surface area contributed by atoms with Gasteiger partial charge < -0.3 is 14.8 Å². The molecule has 21 heavy (non-hydrogen) atoms. The van der Waals surface area contributed by atoms with Gasteiger partial charge in [0.05, 0.1) is 25.8 Å². The summed E-state index contributed by atoms with van der Waals surface area (Å²) in [6.07, 6.45) is 1.02. The maximum Gasteiger partial charge on any atom is 0.127 e. The summed E-state index contributed by atoms with van der Waals surface area (Å²) in [5.74, 6) is 1.66.